The monoisotopic (exact) mass is 354 g/mol. The van der Waals surface area contributed by atoms with Crippen molar-refractivity contribution in [2.75, 3.05) is 39.3 Å². The predicted octanol–water partition coefficient (Wildman–Crippen LogP) is 1.11. The largest absolute Gasteiger partial charge is 0.354 e. The number of carbonyl (C=O) groups is 1. The van der Waals surface area contributed by atoms with Crippen LogP contribution in [0.5, 0.6) is 0 Å². The van der Waals surface area contributed by atoms with Crippen LogP contribution < -0.4 is 10.6 Å². The number of aryl methyl sites for hydroxylation is 1. The number of piperazine rings is 1. The van der Waals surface area contributed by atoms with E-state index in [0.29, 0.717) is 6.42 Å². The first-order chi connectivity index (χ1) is 9.28. The summed E-state index contributed by atoms with van der Waals surface area (Å²) in [6.45, 7) is 7.98. The first-order valence-corrected chi connectivity index (χ1v) is 7.79. The molecule has 1 saturated heterocycles. The average molecular weight is 355 g/mol. The zero-order valence-corrected chi connectivity index (χ0v) is 14.7. The number of rotatable bonds is 6. The number of thiazole rings is 1. The zero-order chi connectivity index (χ0) is 13.5. The molecule has 0 unspecified atom stereocenters. The SMILES string of the molecule is CCc1nc(CC(=O)NCCN2CCNCC2)cs1.Cl.Cl. The molecule has 2 heterocycles. The van der Waals surface area contributed by atoms with Gasteiger partial charge in [0.15, 0.2) is 0 Å². The lowest BCUT2D eigenvalue weighted by atomic mass is 10.3. The molecule has 122 valence electrons. The Morgan fingerprint density at radius 2 is 2.14 bits per heavy atom. The van der Waals surface area contributed by atoms with Crippen molar-refractivity contribution >= 4 is 42.1 Å². The van der Waals surface area contributed by atoms with E-state index >= 15 is 0 Å². The molecule has 0 saturated carbocycles. The third-order valence-corrected chi connectivity index (χ3v) is 4.25. The molecular weight excluding hydrogens is 331 g/mol. The molecule has 1 aliphatic heterocycles. The van der Waals surface area contributed by atoms with Gasteiger partial charge in [-0.15, -0.1) is 36.2 Å². The van der Waals surface area contributed by atoms with Gasteiger partial charge in [-0.05, 0) is 6.42 Å². The van der Waals surface area contributed by atoms with Crippen molar-refractivity contribution in [2.45, 2.75) is 19.8 Å². The van der Waals surface area contributed by atoms with E-state index in [1.165, 1.54) is 0 Å². The van der Waals surface area contributed by atoms with E-state index in [2.05, 4.69) is 27.4 Å². The second kappa shape index (κ2) is 11.2. The van der Waals surface area contributed by atoms with Gasteiger partial charge in [-0.25, -0.2) is 4.98 Å². The lowest BCUT2D eigenvalue weighted by Gasteiger charge is -2.27. The highest BCUT2D eigenvalue weighted by Crippen LogP contribution is 2.10. The van der Waals surface area contributed by atoms with E-state index in [0.717, 1.165) is 56.4 Å². The molecule has 0 atom stereocenters. The van der Waals surface area contributed by atoms with Crippen molar-refractivity contribution in [3.63, 3.8) is 0 Å². The molecule has 1 fully saturated rings. The maximum Gasteiger partial charge on any atom is 0.226 e. The van der Waals surface area contributed by atoms with Crippen LogP contribution in [0.3, 0.4) is 0 Å². The number of hydrogen-bond acceptors (Lipinski definition) is 5. The van der Waals surface area contributed by atoms with Gasteiger partial charge in [-0.3, -0.25) is 9.69 Å². The van der Waals surface area contributed by atoms with Crippen LogP contribution in [0.1, 0.15) is 17.6 Å². The number of carbonyl (C=O) groups excluding carboxylic acids is 1. The van der Waals surface area contributed by atoms with Crippen molar-refractivity contribution < 1.29 is 4.79 Å². The van der Waals surface area contributed by atoms with Crippen molar-refractivity contribution in [1.29, 1.82) is 0 Å². The molecule has 0 aliphatic carbocycles. The van der Waals surface area contributed by atoms with Crippen LogP contribution in [0.2, 0.25) is 0 Å². The minimum Gasteiger partial charge on any atom is -0.354 e. The summed E-state index contributed by atoms with van der Waals surface area (Å²) in [7, 11) is 0. The summed E-state index contributed by atoms with van der Waals surface area (Å²) in [6.07, 6.45) is 1.34. The van der Waals surface area contributed by atoms with E-state index in [9.17, 15) is 4.79 Å². The van der Waals surface area contributed by atoms with Crippen LogP contribution in [0.4, 0.5) is 0 Å². The maximum absolute atomic E-state index is 11.8. The molecule has 1 aliphatic rings. The zero-order valence-electron chi connectivity index (χ0n) is 12.3. The van der Waals surface area contributed by atoms with Crippen molar-refractivity contribution in [2.24, 2.45) is 0 Å². The highest BCUT2D eigenvalue weighted by atomic mass is 35.5. The molecule has 1 aromatic heterocycles. The van der Waals surface area contributed by atoms with Crippen LogP contribution in [0.25, 0.3) is 0 Å². The topological polar surface area (TPSA) is 57.3 Å². The molecule has 0 spiro atoms. The minimum absolute atomic E-state index is 0. The summed E-state index contributed by atoms with van der Waals surface area (Å²) >= 11 is 1.63. The Morgan fingerprint density at radius 1 is 1.43 bits per heavy atom. The van der Waals surface area contributed by atoms with Gasteiger partial charge in [-0.2, -0.15) is 0 Å². The van der Waals surface area contributed by atoms with Gasteiger partial charge < -0.3 is 10.6 Å². The molecule has 0 bridgehead atoms. The van der Waals surface area contributed by atoms with E-state index in [1.807, 2.05) is 5.38 Å². The summed E-state index contributed by atoms with van der Waals surface area (Å²) in [5.74, 6) is 0.0723. The Hall–Kier alpha value is -0.400. The van der Waals surface area contributed by atoms with Crippen molar-refractivity contribution in [3.8, 4) is 0 Å². The predicted molar refractivity (Wildman–Crippen MR) is 92.0 cm³/mol. The highest BCUT2D eigenvalue weighted by Gasteiger charge is 2.10. The van der Waals surface area contributed by atoms with E-state index in [1.54, 1.807) is 11.3 Å². The Balaban J connectivity index is 0.00000200. The number of halogens is 2. The summed E-state index contributed by atoms with van der Waals surface area (Å²) in [5, 5.41) is 9.37. The summed E-state index contributed by atoms with van der Waals surface area (Å²) in [6, 6.07) is 0. The molecule has 8 heteroatoms. The summed E-state index contributed by atoms with van der Waals surface area (Å²) in [4.78, 5) is 18.5. The van der Waals surface area contributed by atoms with Crippen LogP contribution in [-0.4, -0.2) is 55.1 Å². The summed E-state index contributed by atoms with van der Waals surface area (Å²) < 4.78 is 0. The molecule has 21 heavy (non-hydrogen) atoms. The van der Waals surface area contributed by atoms with Crippen molar-refractivity contribution in [1.82, 2.24) is 20.5 Å². The Kier molecular flexibility index (Phi) is 11.0. The Labute approximate surface area is 142 Å². The second-order valence-corrected chi connectivity index (χ2v) is 5.65. The Bertz CT molecular complexity index is 411. The number of aromatic nitrogens is 1. The molecule has 1 amide bonds. The van der Waals surface area contributed by atoms with E-state index < -0.39 is 0 Å². The molecular formula is C13H24Cl2N4OS. The van der Waals surface area contributed by atoms with Crippen molar-refractivity contribution in [3.05, 3.63) is 16.1 Å². The number of nitrogens with one attached hydrogen (secondary N) is 2. The summed E-state index contributed by atoms with van der Waals surface area (Å²) in [5.41, 5.74) is 0.890. The molecule has 0 radical (unpaired) electrons. The fourth-order valence-corrected chi connectivity index (χ4v) is 2.85. The van der Waals surface area contributed by atoms with Gasteiger partial charge in [-0.1, -0.05) is 6.92 Å². The first kappa shape index (κ1) is 20.6. The fourth-order valence-electron chi connectivity index (χ4n) is 2.11. The molecule has 0 aromatic carbocycles. The van der Waals surface area contributed by atoms with Gasteiger partial charge in [0.1, 0.15) is 0 Å². The third-order valence-electron chi connectivity index (χ3n) is 3.20. The smallest absolute Gasteiger partial charge is 0.226 e. The van der Waals surface area contributed by atoms with Crippen LogP contribution >= 0.6 is 36.2 Å². The van der Waals surface area contributed by atoms with Crippen LogP contribution in [0.15, 0.2) is 5.38 Å². The normalized spacial score (nSPS) is 14.9. The van der Waals surface area contributed by atoms with E-state index in [4.69, 9.17) is 0 Å². The standard InChI is InChI=1S/C13H22N4OS.2ClH/c1-2-13-16-11(10-19-13)9-12(18)15-5-8-17-6-3-14-4-7-17;;/h10,14H,2-9H2,1H3,(H,15,18);2*1H. The average Bonchev–Trinajstić information content (AvgIpc) is 2.87. The third kappa shape index (κ3) is 7.42. The fraction of sp³-hybridized carbons (Fsp3) is 0.692. The first-order valence-electron chi connectivity index (χ1n) is 6.91. The number of nitrogens with zero attached hydrogens (tertiary/aromatic N) is 2. The molecule has 5 nitrogen and oxygen atoms in total. The molecule has 1 aromatic rings. The van der Waals surface area contributed by atoms with Crippen LogP contribution in [0, 0.1) is 0 Å². The van der Waals surface area contributed by atoms with Gasteiger partial charge in [0.2, 0.25) is 5.91 Å². The minimum atomic E-state index is 0. The lowest BCUT2D eigenvalue weighted by Crippen LogP contribution is -2.46. The van der Waals surface area contributed by atoms with Crippen LogP contribution in [-0.2, 0) is 17.6 Å². The van der Waals surface area contributed by atoms with Gasteiger partial charge in [0, 0.05) is 44.6 Å². The van der Waals surface area contributed by atoms with Gasteiger partial charge in [0.05, 0.1) is 17.1 Å². The number of hydrogen-bond donors (Lipinski definition) is 2. The second-order valence-electron chi connectivity index (χ2n) is 4.70. The van der Waals surface area contributed by atoms with Gasteiger partial charge >= 0.3 is 0 Å². The van der Waals surface area contributed by atoms with E-state index in [-0.39, 0.29) is 30.7 Å². The maximum atomic E-state index is 11.8. The molecule has 2 rings (SSSR count). The number of amides is 1. The Morgan fingerprint density at radius 3 is 2.76 bits per heavy atom. The highest BCUT2D eigenvalue weighted by molar-refractivity contribution is 7.09. The quantitative estimate of drug-likeness (QED) is 0.803. The molecule has 2 N–H and O–H groups in total. The van der Waals surface area contributed by atoms with Gasteiger partial charge in [0.25, 0.3) is 0 Å². The lowest BCUT2D eigenvalue weighted by molar-refractivity contribution is -0.120.